The van der Waals surface area contributed by atoms with E-state index < -0.39 is 30.6 Å². The molecule has 7 heteroatoms. The first-order valence-corrected chi connectivity index (χ1v) is 7.18. The summed E-state index contributed by atoms with van der Waals surface area (Å²) in [5.41, 5.74) is 1.24. The minimum Gasteiger partial charge on any atom is -0.480 e. The van der Waals surface area contributed by atoms with E-state index in [1.165, 1.54) is 0 Å². The largest absolute Gasteiger partial charge is 0.480 e. The van der Waals surface area contributed by atoms with Crippen LogP contribution in [0.5, 0.6) is 0 Å². The Bertz CT molecular complexity index is 654. The third-order valence-corrected chi connectivity index (χ3v) is 3.52. The second kappa shape index (κ2) is 6.95. The van der Waals surface area contributed by atoms with Crippen LogP contribution < -0.4 is 5.32 Å². The second-order valence-corrected chi connectivity index (χ2v) is 4.99. The van der Waals surface area contributed by atoms with Gasteiger partial charge in [0.1, 0.15) is 6.54 Å². The van der Waals surface area contributed by atoms with E-state index in [0.717, 1.165) is 10.5 Å². The summed E-state index contributed by atoms with van der Waals surface area (Å²) in [7, 11) is 0. The van der Waals surface area contributed by atoms with Gasteiger partial charge in [0, 0.05) is 5.70 Å². The first-order valence-electron chi connectivity index (χ1n) is 7.18. The molecule has 0 saturated carbocycles. The minimum atomic E-state index is -1.17. The Labute approximate surface area is 133 Å². The summed E-state index contributed by atoms with van der Waals surface area (Å²) in [6, 6.07) is 7.74. The molecule has 1 aromatic carbocycles. The SMILES string of the molecule is CCOC(=O)C1=C(C)N(CC(=O)O)C(=O)NC1c1ccccc1. The van der Waals surface area contributed by atoms with Crippen molar-refractivity contribution in [1.29, 1.82) is 0 Å². The molecule has 2 N–H and O–H groups in total. The molecule has 1 aliphatic heterocycles. The van der Waals surface area contributed by atoms with E-state index in [9.17, 15) is 14.4 Å². The molecule has 0 saturated heterocycles. The van der Waals surface area contributed by atoms with Gasteiger partial charge in [-0.15, -0.1) is 0 Å². The summed E-state index contributed by atoms with van der Waals surface area (Å²) < 4.78 is 5.07. The van der Waals surface area contributed by atoms with Crippen LogP contribution in [0.3, 0.4) is 0 Å². The molecule has 1 unspecified atom stereocenters. The lowest BCUT2D eigenvalue weighted by atomic mass is 9.95. The van der Waals surface area contributed by atoms with Gasteiger partial charge in [0.15, 0.2) is 0 Å². The molecular formula is C16H18N2O5. The normalized spacial score (nSPS) is 17.7. The molecule has 1 atom stereocenters. The highest BCUT2D eigenvalue weighted by Crippen LogP contribution is 2.31. The Morgan fingerprint density at radius 2 is 1.96 bits per heavy atom. The zero-order valence-corrected chi connectivity index (χ0v) is 12.9. The molecular weight excluding hydrogens is 300 g/mol. The summed E-state index contributed by atoms with van der Waals surface area (Å²) in [6.07, 6.45) is 0. The number of nitrogens with one attached hydrogen (secondary N) is 1. The van der Waals surface area contributed by atoms with Crippen molar-refractivity contribution in [3.8, 4) is 0 Å². The maximum Gasteiger partial charge on any atom is 0.338 e. The van der Waals surface area contributed by atoms with Crippen LogP contribution in [0.4, 0.5) is 4.79 Å². The smallest absolute Gasteiger partial charge is 0.338 e. The third-order valence-electron chi connectivity index (χ3n) is 3.52. The van der Waals surface area contributed by atoms with Crippen LogP contribution in [-0.2, 0) is 14.3 Å². The van der Waals surface area contributed by atoms with Crippen LogP contribution >= 0.6 is 0 Å². The quantitative estimate of drug-likeness (QED) is 0.805. The van der Waals surface area contributed by atoms with Crippen molar-refractivity contribution < 1.29 is 24.2 Å². The average molecular weight is 318 g/mol. The Kier molecular flexibility index (Phi) is 5.00. The molecule has 1 aliphatic rings. The zero-order valence-electron chi connectivity index (χ0n) is 12.9. The number of aliphatic carboxylic acids is 1. The molecule has 122 valence electrons. The van der Waals surface area contributed by atoms with Crippen molar-refractivity contribution in [2.24, 2.45) is 0 Å². The van der Waals surface area contributed by atoms with Crippen molar-refractivity contribution in [3.63, 3.8) is 0 Å². The number of amides is 2. The first kappa shape index (κ1) is 16.5. The van der Waals surface area contributed by atoms with Gasteiger partial charge in [-0.05, 0) is 19.4 Å². The fraction of sp³-hybridized carbons (Fsp3) is 0.312. The van der Waals surface area contributed by atoms with Crippen LogP contribution in [0.15, 0.2) is 41.6 Å². The van der Waals surface area contributed by atoms with Gasteiger partial charge in [0.25, 0.3) is 0 Å². The number of carboxylic acid groups (broad SMARTS) is 1. The lowest BCUT2D eigenvalue weighted by molar-refractivity contribution is -0.140. The number of hydrogen-bond donors (Lipinski definition) is 2. The Balaban J connectivity index is 2.50. The van der Waals surface area contributed by atoms with Gasteiger partial charge < -0.3 is 15.2 Å². The molecule has 0 aliphatic carbocycles. The molecule has 0 radical (unpaired) electrons. The van der Waals surface area contributed by atoms with E-state index >= 15 is 0 Å². The van der Waals surface area contributed by atoms with Crippen molar-refractivity contribution >= 4 is 18.0 Å². The summed E-state index contributed by atoms with van der Waals surface area (Å²) in [5, 5.41) is 11.6. The monoisotopic (exact) mass is 318 g/mol. The molecule has 2 amide bonds. The first-order chi connectivity index (χ1) is 11.0. The molecule has 0 aromatic heterocycles. The molecule has 7 nitrogen and oxygen atoms in total. The number of carboxylic acids is 1. The van der Waals surface area contributed by atoms with Crippen molar-refractivity contribution in [3.05, 3.63) is 47.2 Å². The van der Waals surface area contributed by atoms with E-state index in [1.807, 2.05) is 6.07 Å². The third kappa shape index (κ3) is 3.50. The van der Waals surface area contributed by atoms with E-state index in [4.69, 9.17) is 9.84 Å². The number of ether oxygens (including phenoxy) is 1. The second-order valence-electron chi connectivity index (χ2n) is 4.99. The number of benzene rings is 1. The molecule has 0 bridgehead atoms. The van der Waals surface area contributed by atoms with Gasteiger partial charge in [-0.2, -0.15) is 0 Å². The number of urea groups is 1. The number of nitrogens with zero attached hydrogens (tertiary/aromatic N) is 1. The number of carbonyl (C=O) groups is 3. The maximum absolute atomic E-state index is 12.3. The molecule has 2 rings (SSSR count). The summed E-state index contributed by atoms with van der Waals surface area (Å²) >= 11 is 0. The van der Waals surface area contributed by atoms with E-state index in [-0.39, 0.29) is 17.9 Å². The lowest BCUT2D eigenvalue weighted by Gasteiger charge is -2.34. The summed E-state index contributed by atoms with van der Waals surface area (Å²) in [5.74, 6) is -1.74. The number of esters is 1. The lowest BCUT2D eigenvalue weighted by Crippen LogP contribution is -2.49. The van der Waals surface area contributed by atoms with Crippen LogP contribution in [-0.4, -0.2) is 41.1 Å². The predicted octanol–water partition coefficient (Wildman–Crippen LogP) is 1.67. The highest BCUT2D eigenvalue weighted by atomic mass is 16.5. The van der Waals surface area contributed by atoms with Gasteiger partial charge in [-0.25, -0.2) is 9.59 Å². The zero-order chi connectivity index (χ0) is 17.0. The van der Waals surface area contributed by atoms with E-state index in [1.54, 1.807) is 38.1 Å². The summed E-state index contributed by atoms with van der Waals surface area (Å²) in [6.45, 7) is 2.89. The molecule has 0 spiro atoms. The minimum absolute atomic E-state index is 0.185. The van der Waals surface area contributed by atoms with Gasteiger partial charge in [-0.3, -0.25) is 9.69 Å². The molecule has 23 heavy (non-hydrogen) atoms. The average Bonchev–Trinajstić information content (AvgIpc) is 2.51. The Morgan fingerprint density at radius 3 is 2.52 bits per heavy atom. The van der Waals surface area contributed by atoms with Crippen LogP contribution in [0.1, 0.15) is 25.5 Å². The van der Waals surface area contributed by atoms with Gasteiger partial charge in [0.2, 0.25) is 0 Å². The molecule has 1 heterocycles. The Morgan fingerprint density at radius 1 is 1.30 bits per heavy atom. The predicted molar refractivity (Wildman–Crippen MR) is 81.4 cm³/mol. The number of allylic oxidation sites excluding steroid dienone is 1. The van der Waals surface area contributed by atoms with Gasteiger partial charge >= 0.3 is 18.0 Å². The van der Waals surface area contributed by atoms with Crippen LogP contribution in [0.2, 0.25) is 0 Å². The summed E-state index contributed by atoms with van der Waals surface area (Å²) in [4.78, 5) is 36.5. The maximum atomic E-state index is 12.3. The molecule has 0 fully saturated rings. The fourth-order valence-corrected chi connectivity index (χ4v) is 2.48. The number of rotatable bonds is 5. The van der Waals surface area contributed by atoms with Crippen LogP contribution in [0.25, 0.3) is 0 Å². The standard InChI is InChI=1S/C16H18N2O5/c1-3-23-15(21)13-10(2)18(9-12(19)20)16(22)17-14(13)11-7-5-4-6-8-11/h4-8,14H,3,9H2,1-2H3,(H,17,22)(H,19,20). The van der Waals surface area contributed by atoms with Gasteiger partial charge in [0.05, 0.1) is 18.2 Å². The molecule has 1 aromatic rings. The van der Waals surface area contributed by atoms with Crippen LogP contribution in [0, 0.1) is 0 Å². The van der Waals surface area contributed by atoms with Crippen molar-refractivity contribution in [1.82, 2.24) is 10.2 Å². The number of hydrogen-bond acceptors (Lipinski definition) is 4. The van der Waals surface area contributed by atoms with E-state index in [0.29, 0.717) is 0 Å². The fourth-order valence-electron chi connectivity index (χ4n) is 2.48. The highest BCUT2D eigenvalue weighted by molar-refractivity contribution is 5.95. The van der Waals surface area contributed by atoms with Crippen molar-refractivity contribution in [2.75, 3.05) is 13.2 Å². The topological polar surface area (TPSA) is 95.9 Å². The van der Waals surface area contributed by atoms with E-state index in [2.05, 4.69) is 5.32 Å². The Hall–Kier alpha value is -2.83. The van der Waals surface area contributed by atoms with Gasteiger partial charge in [-0.1, -0.05) is 30.3 Å². The highest BCUT2D eigenvalue weighted by Gasteiger charge is 2.36. The van der Waals surface area contributed by atoms with Crippen molar-refractivity contribution in [2.45, 2.75) is 19.9 Å². The number of carbonyl (C=O) groups excluding carboxylic acids is 2.